The Morgan fingerprint density at radius 2 is 1.91 bits per heavy atom. The molecule has 1 N–H and O–H groups in total. The predicted molar refractivity (Wildman–Crippen MR) is 89.6 cm³/mol. The van der Waals surface area contributed by atoms with Crippen LogP contribution in [0.5, 0.6) is 0 Å². The van der Waals surface area contributed by atoms with Crippen LogP contribution >= 0.6 is 11.6 Å². The molecule has 0 radical (unpaired) electrons. The van der Waals surface area contributed by atoms with E-state index in [4.69, 9.17) is 16.0 Å². The highest BCUT2D eigenvalue weighted by Gasteiger charge is 2.26. The van der Waals surface area contributed by atoms with Crippen LogP contribution in [0.4, 0.5) is 0 Å². The minimum Gasteiger partial charge on any atom is -0.423 e. The molecule has 0 aliphatic carbocycles. The van der Waals surface area contributed by atoms with Crippen LogP contribution in [-0.2, 0) is 6.54 Å². The van der Waals surface area contributed by atoms with Crippen LogP contribution in [0.2, 0.25) is 5.02 Å². The minimum atomic E-state index is -0.276. The van der Waals surface area contributed by atoms with Crippen molar-refractivity contribution in [3.63, 3.8) is 0 Å². The van der Waals surface area contributed by atoms with Gasteiger partial charge >= 0.3 is 5.63 Å². The lowest BCUT2D eigenvalue weighted by Crippen LogP contribution is -3.13. The summed E-state index contributed by atoms with van der Waals surface area (Å²) in [5.41, 5.74) is 2.34. The van der Waals surface area contributed by atoms with E-state index in [1.165, 1.54) is 11.3 Å². The molecule has 3 rings (SSSR count). The molecule has 1 aliphatic rings. The number of nitrogens with one attached hydrogen (secondary N) is 1. The normalized spacial score (nSPS) is 25.5. The first-order valence-corrected chi connectivity index (χ1v) is 8.36. The second kappa shape index (κ2) is 6.05. The fraction of sp³-hybridized carbons (Fsp3) is 0.500. The molecule has 1 fully saturated rings. The molecule has 0 bridgehead atoms. The summed E-state index contributed by atoms with van der Waals surface area (Å²) in [5, 5.41) is 1.69. The Balaban J connectivity index is 1.99. The van der Waals surface area contributed by atoms with Crippen molar-refractivity contribution in [3.05, 3.63) is 44.8 Å². The van der Waals surface area contributed by atoms with Gasteiger partial charge in [0, 0.05) is 33.9 Å². The summed E-state index contributed by atoms with van der Waals surface area (Å²) in [6.07, 6.45) is 1.30. The van der Waals surface area contributed by atoms with Gasteiger partial charge in [-0.15, -0.1) is 0 Å². The number of benzene rings is 1. The van der Waals surface area contributed by atoms with Crippen molar-refractivity contribution >= 4 is 22.6 Å². The Morgan fingerprint density at radius 1 is 1.23 bits per heavy atom. The molecule has 3 atom stereocenters. The van der Waals surface area contributed by atoms with Crippen LogP contribution in [0, 0.1) is 18.8 Å². The largest absolute Gasteiger partial charge is 0.423 e. The number of piperidine rings is 1. The lowest BCUT2D eigenvalue weighted by Gasteiger charge is -2.32. The van der Waals surface area contributed by atoms with E-state index in [9.17, 15) is 4.79 Å². The zero-order valence-electron chi connectivity index (χ0n) is 13.4. The van der Waals surface area contributed by atoms with Crippen LogP contribution in [0.25, 0.3) is 11.0 Å². The molecule has 2 heterocycles. The number of halogens is 1. The van der Waals surface area contributed by atoms with Crippen LogP contribution in [0.15, 0.2) is 27.4 Å². The van der Waals surface area contributed by atoms with Gasteiger partial charge in [-0.05, 0) is 31.0 Å². The smallest absolute Gasteiger partial charge is 0.336 e. The monoisotopic (exact) mass is 320 g/mol. The topological polar surface area (TPSA) is 34.6 Å². The van der Waals surface area contributed by atoms with Crippen molar-refractivity contribution in [3.8, 4) is 0 Å². The molecule has 4 heteroatoms. The number of fused-ring (bicyclic) bond motifs is 1. The Hall–Kier alpha value is -1.32. The number of likely N-dealkylation sites (tertiary alicyclic amines) is 1. The average molecular weight is 321 g/mol. The SMILES string of the molecule is Cc1cc2oc(=O)cc(C[NH+]3C[C@H](C)C[C@H](C)C3)c2cc1Cl. The highest BCUT2D eigenvalue weighted by Crippen LogP contribution is 2.25. The molecule has 118 valence electrons. The van der Waals surface area contributed by atoms with Crippen LogP contribution in [0.3, 0.4) is 0 Å². The number of aryl methyl sites for hydroxylation is 1. The van der Waals surface area contributed by atoms with E-state index in [0.29, 0.717) is 5.58 Å². The highest BCUT2D eigenvalue weighted by molar-refractivity contribution is 6.32. The number of rotatable bonds is 2. The summed E-state index contributed by atoms with van der Waals surface area (Å²) in [5.74, 6) is 1.46. The van der Waals surface area contributed by atoms with E-state index in [1.54, 1.807) is 6.07 Å². The maximum Gasteiger partial charge on any atom is 0.336 e. The Bertz CT molecular complexity index is 743. The molecule has 1 saturated heterocycles. The van der Waals surface area contributed by atoms with Gasteiger partial charge in [0.05, 0.1) is 13.1 Å². The summed E-state index contributed by atoms with van der Waals surface area (Å²) in [6, 6.07) is 5.42. The number of hydrogen-bond donors (Lipinski definition) is 1. The van der Waals surface area contributed by atoms with Gasteiger partial charge < -0.3 is 9.32 Å². The third kappa shape index (κ3) is 3.21. The summed E-state index contributed by atoms with van der Waals surface area (Å²) < 4.78 is 5.35. The zero-order valence-corrected chi connectivity index (χ0v) is 14.2. The van der Waals surface area contributed by atoms with Gasteiger partial charge in [-0.1, -0.05) is 25.4 Å². The first-order chi connectivity index (χ1) is 10.4. The molecule has 3 nitrogen and oxygen atoms in total. The molecular weight excluding hydrogens is 298 g/mol. The molecule has 2 aromatic rings. The van der Waals surface area contributed by atoms with Gasteiger partial charge in [0.15, 0.2) is 0 Å². The lowest BCUT2D eigenvalue weighted by atomic mass is 9.91. The highest BCUT2D eigenvalue weighted by atomic mass is 35.5. The Morgan fingerprint density at radius 3 is 2.59 bits per heavy atom. The van der Waals surface area contributed by atoms with Crippen molar-refractivity contribution < 1.29 is 9.32 Å². The number of hydrogen-bond acceptors (Lipinski definition) is 2. The van der Waals surface area contributed by atoms with Gasteiger partial charge in [-0.3, -0.25) is 0 Å². The first-order valence-electron chi connectivity index (χ1n) is 7.99. The van der Waals surface area contributed by atoms with E-state index in [1.807, 2.05) is 19.1 Å². The van der Waals surface area contributed by atoms with Gasteiger partial charge in [-0.25, -0.2) is 4.79 Å². The van der Waals surface area contributed by atoms with E-state index in [-0.39, 0.29) is 5.63 Å². The fourth-order valence-corrected chi connectivity index (χ4v) is 3.99. The van der Waals surface area contributed by atoms with E-state index < -0.39 is 0 Å². The van der Waals surface area contributed by atoms with E-state index >= 15 is 0 Å². The lowest BCUT2D eigenvalue weighted by molar-refractivity contribution is -0.925. The van der Waals surface area contributed by atoms with Crippen LogP contribution in [-0.4, -0.2) is 13.1 Å². The van der Waals surface area contributed by atoms with Crippen LogP contribution in [0.1, 0.15) is 31.4 Å². The first kappa shape index (κ1) is 15.6. The Labute approximate surface area is 135 Å². The second-order valence-electron chi connectivity index (χ2n) is 6.97. The summed E-state index contributed by atoms with van der Waals surface area (Å²) in [6.45, 7) is 9.72. The van der Waals surface area contributed by atoms with Gasteiger partial charge in [0.25, 0.3) is 0 Å². The average Bonchev–Trinajstić information content (AvgIpc) is 2.39. The van der Waals surface area contributed by atoms with Crippen molar-refractivity contribution in [2.24, 2.45) is 11.8 Å². The molecule has 0 saturated carbocycles. The summed E-state index contributed by atoms with van der Waals surface area (Å²) >= 11 is 6.26. The molecule has 1 aliphatic heterocycles. The van der Waals surface area contributed by atoms with Crippen LogP contribution < -0.4 is 10.5 Å². The third-order valence-electron chi connectivity index (χ3n) is 4.63. The third-order valence-corrected chi connectivity index (χ3v) is 5.04. The minimum absolute atomic E-state index is 0.276. The molecule has 1 unspecified atom stereocenters. The fourth-order valence-electron chi connectivity index (χ4n) is 3.83. The van der Waals surface area contributed by atoms with E-state index in [2.05, 4.69) is 13.8 Å². The van der Waals surface area contributed by atoms with Crippen molar-refractivity contribution in [2.45, 2.75) is 33.7 Å². The standard InChI is InChI=1S/C18H22ClNO2/c1-11-4-12(2)9-20(8-11)10-14-6-18(21)22-17-5-13(3)16(19)7-15(14)17/h5-7,11-12H,4,8-10H2,1-3H3/p+1/t11-,12+. The maximum atomic E-state index is 11.9. The molecule has 1 aromatic heterocycles. The second-order valence-corrected chi connectivity index (χ2v) is 7.38. The molecule has 0 spiro atoms. The van der Waals surface area contributed by atoms with Crippen molar-refractivity contribution in [1.29, 1.82) is 0 Å². The van der Waals surface area contributed by atoms with Crippen molar-refractivity contribution in [2.75, 3.05) is 13.1 Å². The van der Waals surface area contributed by atoms with Gasteiger partial charge in [0.2, 0.25) is 0 Å². The number of quaternary nitrogens is 1. The van der Waals surface area contributed by atoms with E-state index in [0.717, 1.165) is 53.0 Å². The summed E-state index contributed by atoms with van der Waals surface area (Å²) in [4.78, 5) is 13.4. The molecule has 0 amide bonds. The predicted octanol–water partition coefficient (Wildman–Crippen LogP) is 2.82. The summed E-state index contributed by atoms with van der Waals surface area (Å²) in [7, 11) is 0. The zero-order chi connectivity index (χ0) is 15.9. The molecular formula is C18H23ClNO2+. The maximum absolute atomic E-state index is 11.9. The van der Waals surface area contributed by atoms with Gasteiger partial charge in [-0.2, -0.15) is 0 Å². The van der Waals surface area contributed by atoms with Gasteiger partial charge in [0.1, 0.15) is 12.1 Å². The Kier molecular flexibility index (Phi) is 4.28. The molecule has 22 heavy (non-hydrogen) atoms. The quantitative estimate of drug-likeness (QED) is 0.864. The molecule has 1 aromatic carbocycles. The van der Waals surface area contributed by atoms with Crippen molar-refractivity contribution in [1.82, 2.24) is 0 Å².